The minimum absolute atomic E-state index is 0.114. The molecule has 180 valence electrons. The van der Waals surface area contributed by atoms with Crippen molar-refractivity contribution >= 4 is 51.6 Å². The summed E-state index contributed by atoms with van der Waals surface area (Å²) in [5.74, 6) is 1.47. The normalized spacial score (nSPS) is 11.7. The van der Waals surface area contributed by atoms with Crippen LogP contribution in [0.4, 0.5) is 5.82 Å². The highest BCUT2D eigenvalue weighted by Gasteiger charge is 2.18. The third-order valence-corrected chi connectivity index (χ3v) is 7.43. The molecule has 0 aliphatic carbocycles. The van der Waals surface area contributed by atoms with Gasteiger partial charge in [-0.15, -0.1) is 11.3 Å². The molecule has 1 unspecified atom stereocenters. The van der Waals surface area contributed by atoms with Crippen LogP contribution in [0.2, 0.25) is 0 Å². The third kappa shape index (κ3) is 5.44. The van der Waals surface area contributed by atoms with Gasteiger partial charge in [0.05, 0.1) is 26.5 Å². The van der Waals surface area contributed by atoms with Crippen molar-refractivity contribution in [1.82, 2.24) is 25.6 Å². The summed E-state index contributed by atoms with van der Waals surface area (Å²) in [6, 6.07) is 13.3. The van der Waals surface area contributed by atoms with Crippen molar-refractivity contribution in [3.8, 4) is 10.6 Å². The number of anilines is 1. The van der Waals surface area contributed by atoms with Crippen molar-refractivity contribution in [2.24, 2.45) is 0 Å². The number of nitrogens with one attached hydrogen (secondary N) is 3. The van der Waals surface area contributed by atoms with Gasteiger partial charge in [-0.2, -0.15) is 11.8 Å². The second-order valence-electron chi connectivity index (χ2n) is 7.75. The summed E-state index contributed by atoms with van der Waals surface area (Å²) >= 11 is 3.14. The number of para-hydroxylation sites is 1. The van der Waals surface area contributed by atoms with Crippen molar-refractivity contribution in [3.63, 3.8) is 0 Å². The maximum absolute atomic E-state index is 12.4. The maximum Gasteiger partial charge on any atom is 0.261 e. The van der Waals surface area contributed by atoms with Crippen molar-refractivity contribution in [1.29, 1.82) is 0 Å². The molecule has 0 fully saturated rings. The van der Waals surface area contributed by atoms with Crippen molar-refractivity contribution < 1.29 is 9.59 Å². The van der Waals surface area contributed by atoms with Crippen LogP contribution in [0, 0.1) is 0 Å². The van der Waals surface area contributed by atoms with E-state index in [-0.39, 0.29) is 17.7 Å². The second kappa shape index (κ2) is 11.3. The van der Waals surface area contributed by atoms with E-state index in [1.54, 1.807) is 44.2 Å². The number of nitrogens with zero attached hydrogens (tertiary/aromatic N) is 3. The predicted octanol–water partition coefficient (Wildman–Crippen LogP) is 4.03. The van der Waals surface area contributed by atoms with Crippen LogP contribution in [0.3, 0.4) is 0 Å². The molecule has 0 spiro atoms. The van der Waals surface area contributed by atoms with Gasteiger partial charge in [-0.05, 0) is 30.0 Å². The summed E-state index contributed by atoms with van der Waals surface area (Å²) in [6.07, 6.45) is 5.28. The van der Waals surface area contributed by atoms with Gasteiger partial charge >= 0.3 is 0 Å². The fourth-order valence-electron chi connectivity index (χ4n) is 3.86. The number of amides is 2. The fraction of sp³-hybridized carbons (Fsp3) is 0.240. The number of aromatic nitrogens is 3. The molecule has 1 atom stereocenters. The van der Waals surface area contributed by atoms with Gasteiger partial charge in [0.1, 0.15) is 12.1 Å². The smallest absolute Gasteiger partial charge is 0.261 e. The summed E-state index contributed by atoms with van der Waals surface area (Å²) in [7, 11) is 3.24. The lowest BCUT2D eigenvalue weighted by Gasteiger charge is -2.19. The van der Waals surface area contributed by atoms with E-state index >= 15 is 0 Å². The van der Waals surface area contributed by atoms with Gasteiger partial charge in [-0.1, -0.05) is 18.2 Å². The molecule has 3 heterocycles. The van der Waals surface area contributed by atoms with Crippen LogP contribution in [-0.4, -0.2) is 59.4 Å². The van der Waals surface area contributed by atoms with Crippen LogP contribution in [0.1, 0.15) is 31.5 Å². The molecule has 0 aliphatic rings. The average molecular weight is 507 g/mol. The summed E-state index contributed by atoms with van der Waals surface area (Å²) in [6.45, 7) is 0.635. The summed E-state index contributed by atoms with van der Waals surface area (Å²) < 4.78 is 0. The van der Waals surface area contributed by atoms with Gasteiger partial charge in [0.25, 0.3) is 11.8 Å². The lowest BCUT2D eigenvalue weighted by Crippen LogP contribution is -2.19. The molecule has 2 amide bonds. The number of thiophene rings is 1. The molecule has 8 nitrogen and oxygen atoms in total. The van der Waals surface area contributed by atoms with Crippen LogP contribution in [0.5, 0.6) is 0 Å². The molecule has 3 aromatic heterocycles. The number of hydrogen-bond donors (Lipinski definition) is 3. The molecule has 4 rings (SSSR count). The van der Waals surface area contributed by atoms with Gasteiger partial charge in [0, 0.05) is 50.0 Å². The first kappa shape index (κ1) is 24.6. The largest absolute Gasteiger partial charge is 0.369 e. The van der Waals surface area contributed by atoms with Gasteiger partial charge in [-0.3, -0.25) is 14.6 Å². The molecular weight excluding hydrogens is 480 g/mol. The molecule has 0 saturated carbocycles. The van der Waals surface area contributed by atoms with Crippen LogP contribution in [0.25, 0.3) is 21.5 Å². The first-order chi connectivity index (χ1) is 17.0. The van der Waals surface area contributed by atoms with Gasteiger partial charge < -0.3 is 16.0 Å². The van der Waals surface area contributed by atoms with Gasteiger partial charge in [-0.25, -0.2) is 9.97 Å². The minimum Gasteiger partial charge on any atom is -0.369 e. The van der Waals surface area contributed by atoms with E-state index in [0.29, 0.717) is 22.8 Å². The molecular formula is C25H26N6O2S2. The van der Waals surface area contributed by atoms with E-state index in [1.165, 1.54) is 17.7 Å². The number of benzene rings is 1. The number of pyridine rings is 1. The highest BCUT2D eigenvalue weighted by Crippen LogP contribution is 2.30. The molecule has 0 radical (unpaired) electrons. The highest BCUT2D eigenvalue weighted by atomic mass is 32.2. The molecule has 3 N–H and O–H groups in total. The average Bonchev–Trinajstić information content (AvgIpc) is 3.40. The van der Waals surface area contributed by atoms with E-state index in [2.05, 4.69) is 43.2 Å². The Hall–Kier alpha value is -3.50. The van der Waals surface area contributed by atoms with E-state index in [9.17, 15) is 9.59 Å². The fourth-order valence-corrected chi connectivity index (χ4v) is 5.48. The number of thioether (sulfide) groups is 1. The van der Waals surface area contributed by atoms with E-state index in [1.807, 2.05) is 24.3 Å². The van der Waals surface area contributed by atoms with Gasteiger partial charge in [0.2, 0.25) is 0 Å². The van der Waals surface area contributed by atoms with Crippen molar-refractivity contribution in [2.75, 3.05) is 38.0 Å². The Balaban J connectivity index is 1.58. The Kier molecular flexibility index (Phi) is 7.94. The summed E-state index contributed by atoms with van der Waals surface area (Å²) in [4.78, 5) is 39.2. The molecule has 0 aliphatic heterocycles. The van der Waals surface area contributed by atoms with E-state index < -0.39 is 0 Å². The van der Waals surface area contributed by atoms with Crippen LogP contribution < -0.4 is 16.0 Å². The molecule has 1 aromatic carbocycles. The van der Waals surface area contributed by atoms with Crippen molar-refractivity contribution in [2.45, 2.75) is 5.92 Å². The zero-order valence-corrected chi connectivity index (χ0v) is 21.3. The summed E-state index contributed by atoms with van der Waals surface area (Å²) in [5, 5.41) is 9.63. The lowest BCUT2D eigenvalue weighted by molar-refractivity contribution is 0.0957. The van der Waals surface area contributed by atoms with E-state index in [0.717, 1.165) is 32.8 Å². The first-order valence-electron chi connectivity index (χ1n) is 11.0. The van der Waals surface area contributed by atoms with E-state index in [4.69, 9.17) is 0 Å². The van der Waals surface area contributed by atoms with Gasteiger partial charge in [0.15, 0.2) is 0 Å². The maximum atomic E-state index is 12.4. The van der Waals surface area contributed by atoms with Crippen LogP contribution >= 0.6 is 23.1 Å². The monoisotopic (exact) mass is 506 g/mol. The van der Waals surface area contributed by atoms with Crippen LogP contribution in [0.15, 0.2) is 55.0 Å². The second-order valence-corrected chi connectivity index (χ2v) is 9.74. The number of rotatable bonds is 9. The van der Waals surface area contributed by atoms with Crippen molar-refractivity contribution in [3.05, 3.63) is 71.0 Å². The third-order valence-electron chi connectivity index (χ3n) is 5.59. The zero-order valence-electron chi connectivity index (χ0n) is 19.7. The minimum atomic E-state index is -0.129. The predicted molar refractivity (Wildman–Crippen MR) is 143 cm³/mol. The first-order valence-corrected chi connectivity index (χ1v) is 13.2. The van der Waals surface area contributed by atoms with Crippen LogP contribution in [-0.2, 0) is 0 Å². The highest BCUT2D eigenvalue weighted by molar-refractivity contribution is 7.98. The zero-order chi connectivity index (χ0) is 24.8. The standard InChI is InChI=1S/C25H26N6O2S2/c1-26-24(32)18-9-10-28-23-16(5-4-6-17(18)23)15(13-34-3)12-29-22-11-19(30-14-31-22)20-7-8-21(35-20)25(33)27-2/h4-11,14-15H,12-13H2,1-3H3,(H,26,32)(H,27,33)(H,29,30,31). The Morgan fingerprint density at radius 1 is 1.03 bits per heavy atom. The molecule has 35 heavy (non-hydrogen) atoms. The SMILES string of the molecule is CNC(=O)c1ccc(-c2cc(NCC(CSC)c3cccc4c(C(=O)NC)ccnc34)ncn2)s1. The Morgan fingerprint density at radius 3 is 2.63 bits per heavy atom. The number of fused-ring (bicyclic) bond motifs is 1. The molecule has 0 saturated heterocycles. The molecule has 4 aromatic rings. The quantitative estimate of drug-likeness (QED) is 0.314. The Bertz CT molecular complexity index is 1360. The topological polar surface area (TPSA) is 109 Å². The molecule has 0 bridgehead atoms. The number of carbonyl (C=O) groups excluding carboxylic acids is 2. The number of hydrogen-bond acceptors (Lipinski definition) is 8. The number of carbonyl (C=O) groups is 2. The molecule has 10 heteroatoms. The summed E-state index contributed by atoms with van der Waals surface area (Å²) in [5.41, 5.74) is 3.28. The Labute approximate surface area is 212 Å². The lowest BCUT2D eigenvalue weighted by atomic mass is 9.95. The Morgan fingerprint density at radius 2 is 1.86 bits per heavy atom.